The number of aromatic nitrogens is 2. The predicted octanol–water partition coefficient (Wildman–Crippen LogP) is 5.64. The maximum absolute atomic E-state index is 13.8. The molecule has 2 aromatic heterocycles. The van der Waals surface area contributed by atoms with E-state index < -0.39 is 0 Å². The van der Waals surface area contributed by atoms with E-state index in [0.29, 0.717) is 24.4 Å². The quantitative estimate of drug-likeness (QED) is 0.464. The van der Waals surface area contributed by atoms with Gasteiger partial charge in [0, 0.05) is 23.7 Å². The summed E-state index contributed by atoms with van der Waals surface area (Å²) in [6, 6.07) is 9.01. The van der Waals surface area contributed by atoms with Crippen molar-refractivity contribution < 1.29 is 13.9 Å². The summed E-state index contributed by atoms with van der Waals surface area (Å²) in [5.74, 6) is -0.327. The summed E-state index contributed by atoms with van der Waals surface area (Å²) >= 11 is 1.54. The summed E-state index contributed by atoms with van der Waals surface area (Å²) in [5, 5.41) is 2.78. The Hall–Kier alpha value is -2.64. The third-order valence-corrected chi connectivity index (χ3v) is 6.67. The Morgan fingerprint density at radius 2 is 2.16 bits per heavy atom. The molecule has 0 spiro atoms. The Bertz CT molecular complexity index is 1040. The van der Waals surface area contributed by atoms with Crippen molar-refractivity contribution in [1.82, 2.24) is 14.9 Å². The lowest BCUT2D eigenvalue weighted by Gasteiger charge is -2.41. The van der Waals surface area contributed by atoms with Crippen molar-refractivity contribution in [2.75, 3.05) is 6.54 Å². The van der Waals surface area contributed by atoms with Crippen LogP contribution < -0.4 is 0 Å². The summed E-state index contributed by atoms with van der Waals surface area (Å²) in [6.45, 7) is 5.15. The van der Waals surface area contributed by atoms with Gasteiger partial charge >= 0.3 is 0 Å². The first-order valence-corrected chi connectivity index (χ1v) is 12.0. The van der Waals surface area contributed by atoms with Crippen molar-refractivity contribution in [3.05, 3.63) is 70.7 Å². The van der Waals surface area contributed by atoms with Gasteiger partial charge in [-0.3, -0.25) is 9.78 Å². The number of thiazole rings is 1. The number of ether oxygens (including phenoxy) is 1. The van der Waals surface area contributed by atoms with Gasteiger partial charge in [-0.25, -0.2) is 9.37 Å². The molecule has 5 nitrogen and oxygen atoms in total. The molecule has 0 saturated carbocycles. The lowest BCUT2D eigenvalue weighted by molar-refractivity contribution is -0.0459. The van der Waals surface area contributed by atoms with Crippen LogP contribution in [-0.2, 0) is 11.3 Å². The smallest absolute Gasteiger partial charge is 0.254 e. The molecule has 0 aliphatic carbocycles. The van der Waals surface area contributed by atoms with Crippen molar-refractivity contribution >= 4 is 17.2 Å². The van der Waals surface area contributed by atoms with Crippen LogP contribution in [0.5, 0.6) is 0 Å². The topological polar surface area (TPSA) is 55.3 Å². The summed E-state index contributed by atoms with van der Waals surface area (Å²) in [7, 11) is 0. The van der Waals surface area contributed by atoms with E-state index in [9.17, 15) is 9.18 Å². The fourth-order valence-electron chi connectivity index (χ4n) is 4.32. The summed E-state index contributed by atoms with van der Waals surface area (Å²) < 4.78 is 19.4. The van der Waals surface area contributed by atoms with E-state index in [1.165, 1.54) is 23.6 Å². The van der Waals surface area contributed by atoms with Crippen molar-refractivity contribution in [3.8, 4) is 10.6 Å². The molecule has 1 fully saturated rings. The van der Waals surface area contributed by atoms with Crippen LogP contribution in [0.2, 0.25) is 0 Å². The average molecular weight is 454 g/mol. The highest BCUT2D eigenvalue weighted by Gasteiger charge is 2.35. The lowest BCUT2D eigenvalue weighted by atomic mass is 9.93. The average Bonchev–Trinajstić information content (AvgIpc) is 3.34. The number of carbonyl (C=O) groups excluding carboxylic acids is 1. The third kappa shape index (κ3) is 5.05. The minimum absolute atomic E-state index is 0.00800. The largest absolute Gasteiger partial charge is 0.370 e. The van der Waals surface area contributed by atoms with E-state index in [4.69, 9.17) is 4.74 Å². The molecule has 1 aliphatic heterocycles. The number of benzene rings is 1. The summed E-state index contributed by atoms with van der Waals surface area (Å²) in [4.78, 5) is 24.3. The Morgan fingerprint density at radius 3 is 2.88 bits per heavy atom. The van der Waals surface area contributed by atoms with Gasteiger partial charge in [0.2, 0.25) is 0 Å². The van der Waals surface area contributed by atoms with Crippen LogP contribution in [0, 0.1) is 12.7 Å². The zero-order valence-corrected chi connectivity index (χ0v) is 19.3. The molecule has 1 aliphatic rings. The van der Waals surface area contributed by atoms with Crippen LogP contribution in [0.25, 0.3) is 10.6 Å². The number of halogens is 1. The van der Waals surface area contributed by atoms with Crippen LogP contribution in [0.15, 0.2) is 48.1 Å². The van der Waals surface area contributed by atoms with Crippen molar-refractivity contribution in [2.45, 2.75) is 58.3 Å². The molecule has 1 unspecified atom stereocenters. The lowest BCUT2D eigenvalue weighted by Crippen LogP contribution is -2.51. The standard InChI is InChI=1S/C25H28FN3O2S/c1-3-5-22-23(31-16-19-9-8-18(26)15-28-19)6-4-12-29(22)25(30)21-14-17(2)7-10-20(21)24-27-11-13-32-24/h7-11,13-15,22-23H,3-6,12,16H2,1-2H3/t22?,23-/m0/s1. The number of likely N-dealkylation sites (tertiary alicyclic amines) is 1. The number of carbonyl (C=O) groups is 1. The van der Waals surface area contributed by atoms with Gasteiger partial charge in [-0.05, 0) is 44.4 Å². The molecule has 7 heteroatoms. The van der Waals surface area contributed by atoms with E-state index >= 15 is 0 Å². The zero-order valence-electron chi connectivity index (χ0n) is 18.5. The van der Waals surface area contributed by atoms with Gasteiger partial charge in [-0.15, -0.1) is 11.3 Å². The highest BCUT2D eigenvalue weighted by Crippen LogP contribution is 2.31. The number of hydrogen-bond acceptors (Lipinski definition) is 5. The number of nitrogens with zero attached hydrogens (tertiary/aromatic N) is 3. The highest BCUT2D eigenvalue weighted by molar-refractivity contribution is 7.13. The molecule has 0 radical (unpaired) electrons. The summed E-state index contributed by atoms with van der Waals surface area (Å²) in [5.41, 5.74) is 3.31. The van der Waals surface area contributed by atoms with Gasteiger partial charge in [0.25, 0.3) is 5.91 Å². The van der Waals surface area contributed by atoms with E-state index in [1.807, 2.05) is 35.4 Å². The highest BCUT2D eigenvalue weighted by atomic mass is 32.1. The summed E-state index contributed by atoms with van der Waals surface area (Å²) in [6.07, 6.45) is 6.49. The van der Waals surface area contributed by atoms with Crippen molar-refractivity contribution in [2.24, 2.45) is 0 Å². The number of piperidine rings is 1. The molecule has 1 amide bonds. The first kappa shape index (κ1) is 22.6. The second-order valence-corrected chi connectivity index (χ2v) is 9.09. The molecule has 168 valence electrons. The van der Waals surface area contributed by atoms with Gasteiger partial charge in [-0.1, -0.05) is 31.0 Å². The number of hydrogen-bond donors (Lipinski definition) is 0. The number of amides is 1. The fraction of sp³-hybridized carbons (Fsp3) is 0.400. The molecule has 1 aromatic carbocycles. The van der Waals surface area contributed by atoms with Crippen LogP contribution >= 0.6 is 11.3 Å². The number of rotatable bonds is 7. The van der Waals surface area contributed by atoms with E-state index in [1.54, 1.807) is 12.3 Å². The molecule has 1 saturated heterocycles. The fourth-order valence-corrected chi connectivity index (χ4v) is 5.00. The molecule has 3 aromatic rings. The molecule has 32 heavy (non-hydrogen) atoms. The molecule has 0 N–H and O–H groups in total. The first-order valence-electron chi connectivity index (χ1n) is 11.1. The molecule has 2 atom stereocenters. The molecular weight excluding hydrogens is 425 g/mol. The molecule has 0 bridgehead atoms. The van der Waals surface area contributed by atoms with Gasteiger partial charge in [0.05, 0.1) is 36.2 Å². The van der Waals surface area contributed by atoms with E-state index in [0.717, 1.165) is 41.8 Å². The maximum atomic E-state index is 13.8. The van der Waals surface area contributed by atoms with E-state index in [-0.39, 0.29) is 23.9 Å². The first-order chi connectivity index (χ1) is 15.6. The Balaban J connectivity index is 1.57. The van der Waals surface area contributed by atoms with Crippen molar-refractivity contribution in [3.63, 3.8) is 0 Å². The second-order valence-electron chi connectivity index (χ2n) is 8.20. The zero-order chi connectivity index (χ0) is 22.5. The van der Waals surface area contributed by atoms with Crippen LogP contribution in [0.4, 0.5) is 4.39 Å². The third-order valence-electron chi connectivity index (χ3n) is 5.86. The van der Waals surface area contributed by atoms with E-state index in [2.05, 4.69) is 16.9 Å². The van der Waals surface area contributed by atoms with Gasteiger partial charge in [0.1, 0.15) is 10.8 Å². The molecule has 3 heterocycles. The Labute approximate surface area is 192 Å². The second kappa shape index (κ2) is 10.3. The van der Waals surface area contributed by atoms with Crippen LogP contribution in [-0.4, -0.2) is 39.5 Å². The number of pyridine rings is 1. The van der Waals surface area contributed by atoms with Gasteiger partial charge in [0.15, 0.2) is 0 Å². The van der Waals surface area contributed by atoms with Crippen molar-refractivity contribution in [1.29, 1.82) is 0 Å². The SMILES string of the molecule is CCCC1[C@@H](OCc2ccc(F)cn2)CCCN1C(=O)c1cc(C)ccc1-c1nccs1. The van der Waals surface area contributed by atoms with Gasteiger partial charge in [-0.2, -0.15) is 0 Å². The normalized spacial score (nSPS) is 18.7. The van der Waals surface area contributed by atoms with Crippen LogP contribution in [0.1, 0.15) is 54.2 Å². The minimum Gasteiger partial charge on any atom is -0.370 e. The van der Waals surface area contributed by atoms with Crippen LogP contribution in [0.3, 0.4) is 0 Å². The van der Waals surface area contributed by atoms with Gasteiger partial charge < -0.3 is 9.64 Å². The maximum Gasteiger partial charge on any atom is 0.254 e. The Kier molecular flexibility index (Phi) is 7.27. The minimum atomic E-state index is -0.360. The molecule has 4 rings (SSSR count). The Morgan fingerprint density at radius 1 is 1.28 bits per heavy atom. The monoisotopic (exact) mass is 453 g/mol. The predicted molar refractivity (Wildman–Crippen MR) is 124 cm³/mol. The molecular formula is C25H28FN3O2S. The number of aryl methyl sites for hydroxylation is 1.